The number of carboxylic acid groups (broad SMARTS) is 1. The number of hydrogen-bond donors (Lipinski definition) is 1. The molecule has 1 aliphatic rings. The Morgan fingerprint density at radius 2 is 1.90 bits per heavy atom. The number of carbonyl (C=O) groups is 1. The van der Waals surface area contributed by atoms with Crippen LogP contribution in [0.5, 0.6) is 0 Å². The molecular weight excluding hydrogens is 266 g/mol. The highest BCUT2D eigenvalue weighted by Gasteiger charge is 2.29. The van der Waals surface area contributed by atoms with Gasteiger partial charge in [-0.3, -0.25) is 4.79 Å². The molecule has 1 aromatic heterocycles. The number of aryl methyl sites for hydroxylation is 2. The van der Waals surface area contributed by atoms with Gasteiger partial charge in [0.2, 0.25) is 0 Å². The number of pyridine rings is 1. The molecule has 3 rings (SSSR count). The van der Waals surface area contributed by atoms with Crippen LogP contribution in [-0.4, -0.2) is 15.6 Å². The highest BCUT2D eigenvalue weighted by molar-refractivity contribution is 5.87. The molecule has 4 nitrogen and oxygen atoms in total. The summed E-state index contributed by atoms with van der Waals surface area (Å²) >= 11 is 0. The molecule has 1 aromatic carbocycles. The summed E-state index contributed by atoms with van der Waals surface area (Å²) in [5.74, 6) is -1.16. The van der Waals surface area contributed by atoms with Crippen molar-refractivity contribution in [2.75, 3.05) is 0 Å². The molecule has 0 amide bonds. The van der Waals surface area contributed by atoms with Crippen molar-refractivity contribution in [2.45, 2.75) is 32.7 Å². The van der Waals surface area contributed by atoms with Gasteiger partial charge in [-0.1, -0.05) is 17.7 Å². The molecule has 1 aliphatic carbocycles. The van der Waals surface area contributed by atoms with Crippen LogP contribution in [0, 0.1) is 13.8 Å². The number of aromatic carboxylic acids is 1. The number of nitrogens with zero attached hydrogens (tertiary/aromatic N) is 1. The van der Waals surface area contributed by atoms with E-state index in [9.17, 15) is 9.59 Å². The zero-order valence-electron chi connectivity index (χ0n) is 12.1. The van der Waals surface area contributed by atoms with E-state index in [1.165, 1.54) is 6.07 Å². The minimum atomic E-state index is -1.16. The molecule has 108 valence electrons. The number of benzene rings is 1. The van der Waals surface area contributed by atoms with Crippen LogP contribution < -0.4 is 5.56 Å². The van der Waals surface area contributed by atoms with Crippen LogP contribution in [0.1, 0.15) is 40.4 Å². The van der Waals surface area contributed by atoms with Gasteiger partial charge in [0.1, 0.15) is 5.56 Å². The zero-order valence-corrected chi connectivity index (χ0v) is 12.1. The molecule has 0 bridgehead atoms. The first-order valence-electron chi connectivity index (χ1n) is 7.05. The summed E-state index contributed by atoms with van der Waals surface area (Å²) in [6.07, 6.45) is 1.86. The summed E-state index contributed by atoms with van der Waals surface area (Å²) in [7, 11) is 0. The maximum atomic E-state index is 12.5. The lowest BCUT2D eigenvalue weighted by Crippen LogP contribution is -2.27. The highest BCUT2D eigenvalue weighted by Crippen LogP contribution is 2.37. The third-order valence-corrected chi connectivity index (χ3v) is 3.93. The predicted molar refractivity (Wildman–Crippen MR) is 80.8 cm³/mol. The number of rotatable bonds is 3. The first-order chi connectivity index (χ1) is 9.99. The van der Waals surface area contributed by atoms with Crippen LogP contribution in [-0.2, 0) is 0 Å². The Hall–Kier alpha value is -2.36. The summed E-state index contributed by atoms with van der Waals surface area (Å²) < 4.78 is 1.66. The van der Waals surface area contributed by atoms with Gasteiger partial charge in [-0.05, 0) is 50.5 Å². The zero-order chi connectivity index (χ0) is 15.1. The fourth-order valence-electron chi connectivity index (χ4n) is 2.64. The molecule has 0 saturated heterocycles. The second-order valence-corrected chi connectivity index (χ2v) is 5.66. The van der Waals surface area contributed by atoms with E-state index < -0.39 is 11.5 Å². The maximum Gasteiger partial charge on any atom is 0.341 e. The van der Waals surface area contributed by atoms with E-state index in [1.54, 1.807) is 10.6 Å². The Morgan fingerprint density at radius 1 is 1.19 bits per heavy atom. The van der Waals surface area contributed by atoms with E-state index >= 15 is 0 Å². The van der Waals surface area contributed by atoms with Gasteiger partial charge in [-0.25, -0.2) is 4.79 Å². The molecule has 1 fully saturated rings. The molecule has 2 aromatic rings. The van der Waals surface area contributed by atoms with Crippen LogP contribution in [0.15, 0.2) is 35.1 Å². The SMILES string of the molecule is Cc1ccc(C)c(-c2ccc(C(=O)O)c(=O)n2C2CC2)c1. The van der Waals surface area contributed by atoms with E-state index in [4.69, 9.17) is 5.11 Å². The van der Waals surface area contributed by atoms with Crippen molar-refractivity contribution >= 4 is 5.97 Å². The van der Waals surface area contributed by atoms with Gasteiger partial charge >= 0.3 is 5.97 Å². The number of hydrogen-bond acceptors (Lipinski definition) is 2. The van der Waals surface area contributed by atoms with Crippen LogP contribution in [0.3, 0.4) is 0 Å². The minimum absolute atomic E-state index is 0.131. The summed E-state index contributed by atoms with van der Waals surface area (Å²) in [5, 5.41) is 9.14. The van der Waals surface area contributed by atoms with Gasteiger partial charge in [0.25, 0.3) is 5.56 Å². The highest BCUT2D eigenvalue weighted by atomic mass is 16.4. The van der Waals surface area contributed by atoms with Crippen molar-refractivity contribution in [1.82, 2.24) is 4.57 Å². The van der Waals surface area contributed by atoms with Gasteiger partial charge in [-0.15, -0.1) is 0 Å². The second-order valence-electron chi connectivity index (χ2n) is 5.66. The lowest BCUT2D eigenvalue weighted by atomic mass is 10.0. The Kier molecular flexibility index (Phi) is 3.16. The summed E-state index contributed by atoms with van der Waals surface area (Å²) in [5.41, 5.74) is 3.45. The van der Waals surface area contributed by atoms with Gasteiger partial charge in [-0.2, -0.15) is 0 Å². The number of aromatic nitrogens is 1. The minimum Gasteiger partial charge on any atom is -0.477 e. The van der Waals surface area contributed by atoms with Crippen molar-refractivity contribution in [3.05, 3.63) is 57.4 Å². The smallest absolute Gasteiger partial charge is 0.341 e. The van der Waals surface area contributed by atoms with Gasteiger partial charge < -0.3 is 9.67 Å². The van der Waals surface area contributed by atoms with Crippen molar-refractivity contribution < 1.29 is 9.90 Å². The van der Waals surface area contributed by atoms with E-state index in [0.29, 0.717) is 0 Å². The molecule has 1 heterocycles. The van der Waals surface area contributed by atoms with Crippen molar-refractivity contribution in [2.24, 2.45) is 0 Å². The molecule has 4 heteroatoms. The van der Waals surface area contributed by atoms with Gasteiger partial charge in [0.15, 0.2) is 0 Å². The Bertz CT molecular complexity index is 785. The molecule has 0 atom stereocenters. The Balaban J connectivity index is 2.28. The molecule has 1 saturated carbocycles. The van der Waals surface area contributed by atoms with Crippen LogP contribution >= 0.6 is 0 Å². The standard InChI is InChI=1S/C17H17NO3/c1-10-3-4-11(2)14(9-10)15-8-7-13(17(20)21)16(19)18(15)12-5-6-12/h3-4,7-9,12H,5-6H2,1-2H3,(H,20,21). The molecule has 0 aliphatic heterocycles. The van der Waals surface area contributed by atoms with Gasteiger partial charge in [0.05, 0.1) is 5.69 Å². The third kappa shape index (κ3) is 2.37. The lowest BCUT2D eigenvalue weighted by Gasteiger charge is -2.15. The average molecular weight is 283 g/mol. The summed E-state index contributed by atoms with van der Waals surface area (Å²) in [4.78, 5) is 23.6. The van der Waals surface area contributed by atoms with E-state index in [2.05, 4.69) is 0 Å². The van der Waals surface area contributed by atoms with Gasteiger partial charge in [0, 0.05) is 11.6 Å². The Morgan fingerprint density at radius 3 is 2.52 bits per heavy atom. The topological polar surface area (TPSA) is 59.3 Å². The van der Waals surface area contributed by atoms with Crippen molar-refractivity contribution in [3.63, 3.8) is 0 Å². The molecule has 0 spiro atoms. The first kappa shape index (κ1) is 13.6. The lowest BCUT2D eigenvalue weighted by molar-refractivity contribution is 0.0694. The Labute approximate surface area is 122 Å². The summed E-state index contributed by atoms with van der Waals surface area (Å²) in [6, 6.07) is 9.41. The van der Waals surface area contributed by atoms with Crippen molar-refractivity contribution in [1.29, 1.82) is 0 Å². The van der Waals surface area contributed by atoms with Crippen molar-refractivity contribution in [3.8, 4) is 11.3 Å². The van der Waals surface area contributed by atoms with Crippen LogP contribution in [0.2, 0.25) is 0 Å². The van der Waals surface area contributed by atoms with E-state index in [-0.39, 0.29) is 11.6 Å². The molecular formula is C17H17NO3. The monoisotopic (exact) mass is 283 g/mol. The normalized spacial score (nSPS) is 14.2. The largest absolute Gasteiger partial charge is 0.477 e. The fourth-order valence-corrected chi connectivity index (χ4v) is 2.64. The number of carboxylic acids is 1. The summed E-state index contributed by atoms with van der Waals surface area (Å²) in [6.45, 7) is 4.01. The molecule has 1 N–H and O–H groups in total. The van der Waals surface area contributed by atoms with Crippen LogP contribution in [0.4, 0.5) is 0 Å². The van der Waals surface area contributed by atoms with E-state index in [0.717, 1.165) is 35.2 Å². The third-order valence-electron chi connectivity index (χ3n) is 3.93. The second kappa shape index (κ2) is 4.88. The molecule has 0 unspecified atom stereocenters. The maximum absolute atomic E-state index is 12.5. The van der Waals surface area contributed by atoms with E-state index in [1.807, 2.05) is 32.0 Å². The fraction of sp³-hybridized carbons (Fsp3) is 0.294. The predicted octanol–water partition coefficient (Wildman–Crippen LogP) is 3.17. The molecule has 21 heavy (non-hydrogen) atoms. The quantitative estimate of drug-likeness (QED) is 0.941. The first-order valence-corrected chi connectivity index (χ1v) is 7.05. The molecule has 0 radical (unpaired) electrons. The van der Waals surface area contributed by atoms with Crippen LogP contribution in [0.25, 0.3) is 11.3 Å². The average Bonchev–Trinajstić information content (AvgIpc) is 3.25.